The van der Waals surface area contributed by atoms with Crippen LogP contribution in [-0.4, -0.2) is 51.7 Å². The molecule has 2 aliphatic rings. The standard InChI is InChI=1S/C25H25ClN6O3/c1-15(33)25(2)13-28-24(35-25)32-16-5-7-21-19(10-16)23(30-14-29-21)31-17-6-8-22(20(26)11-17)34-12-18-4-3-9-27-18/h3,5-11,14-15,33H,4,12-13H2,1-2H3,(H,28,32)(H,29,30,31)/t15-,25+/m1/s1. The summed E-state index contributed by atoms with van der Waals surface area (Å²) in [5.74, 6) is 1.21. The number of aliphatic imine (C=N–C) groups is 2. The Morgan fingerprint density at radius 1 is 1.17 bits per heavy atom. The molecule has 9 nitrogen and oxygen atoms in total. The zero-order valence-corrected chi connectivity index (χ0v) is 20.1. The summed E-state index contributed by atoms with van der Waals surface area (Å²) < 4.78 is 11.6. The van der Waals surface area contributed by atoms with Crippen LogP contribution in [0.4, 0.5) is 17.2 Å². The Morgan fingerprint density at radius 2 is 2.00 bits per heavy atom. The zero-order chi connectivity index (χ0) is 24.4. The number of benzene rings is 2. The van der Waals surface area contributed by atoms with Crippen molar-refractivity contribution in [2.75, 3.05) is 23.8 Å². The van der Waals surface area contributed by atoms with Gasteiger partial charge in [-0.05, 0) is 50.2 Å². The Labute approximate surface area is 207 Å². The van der Waals surface area contributed by atoms with Crippen LogP contribution in [0.2, 0.25) is 5.02 Å². The highest BCUT2D eigenvalue weighted by Crippen LogP contribution is 2.31. The van der Waals surface area contributed by atoms with Gasteiger partial charge in [-0.25, -0.2) is 15.0 Å². The molecule has 3 aromatic rings. The summed E-state index contributed by atoms with van der Waals surface area (Å²) in [4.78, 5) is 17.4. The molecule has 2 atom stereocenters. The van der Waals surface area contributed by atoms with E-state index in [2.05, 4.69) is 30.6 Å². The number of rotatable bonds is 7. The summed E-state index contributed by atoms with van der Waals surface area (Å²) in [6, 6.07) is 11.5. The van der Waals surface area contributed by atoms with E-state index in [4.69, 9.17) is 21.1 Å². The highest BCUT2D eigenvalue weighted by atomic mass is 35.5. The van der Waals surface area contributed by atoms with Crippen molar-refractivity contribution in [2.45, 2.75) is 32.0 Å². The maximum atomic E-state index is 9.95. The van der Waals surface area contributed by atoms with Crippen LogP contribution in [0, 0.1) is 0 Å². The first kappa shape index (κ1) is 23.1. The summed E-state index contributed by atoms with van der Waals surface area (Å²) in [6.07, 6.45) is 5.42. The van der Waals surface area contributed by atoms with E-state index in [9.17, 15) is 5.11 Å². The Morgan fingerprint density at radius 3 is 2.74 bits per heavy atom. The van der Waals surface area contributed by atoms with E-state index >= 15 is 0 Å². The molecule has 0 radical (unpaired) electrons. The molecule has 3 heterocycles. The number of allylic oxidation sites excluding steroid dienone is 1. The second-order valence-corrected chi connectivity index (χ2v) is 9.04. The van der Waals surface area contributed by atoms with Crippen molar-refractivity contribution in [2.24, 2.45) is 9.98 Å². The van der Waals surface area contributed by atoms with Gasteiger partial charge in [-0.1, -0.05) is 17.7 Å². The lowest BCUT2D eigenvalue weighted by Gasteiger charge is -2.26. The van der Waals surface area contributed by atoms with Gasteiger partial charge in [0.25, 0.3) is 6.02 Å². The van der Waals surface area contributed by atoms with E-state index in [0.29, 0.717) is 35.8 Å². The van der Waals surface area contributed by atoms with Gasteiger partial charge >= 0.3 is 0 Å². The van der Waals surface area contributed by atoms with E-state index in [1.54, 1.807) is 19.2 Å². The minimum Gasteiger partial charge on any atom is -0.486 e. The number of halogens is 1. The molecule has 1 aromatic heterocycles. The van der Waals surface area contributed by atoms with Crippen LogP contribution >= 0.6 is 11.6 Å². The molecule has 0 amide bonds. The molecule has 0 saturated carbocycles. The molecule has 2 aromatic carbocycles. The fraction of sp³-hybridized carbons (Fsp3) is 0.280. The number of amidine groups is 1. The Hall–Kier alpha value is -3.69. The first-order valence-electron chi connectivity index (χ1n) is 11.2. The van der Waals surface area contributed by atoms with Gasteiger partial charge in [0.2, 0.25) is 0 Å². The maximum absolute atomic E-state index is 9.95. The molecule has 0 spiro atoms. The number of nitrogens with one attached hydrogen (secondary N) is 2. The van der Waals surface area contributed by atoms with Crippen molar-refractivity contribution in [3.63, 3.8) is 0 Å². The Kier molecular flexibility index (Phi) is 6.27. The van der Waals surface area contributed by atoms with Crippen molar-refractivity contribution < 1.29 is 14.6 Å². The summed E-state index contributed by atoms with van der Waals surface area (Å²) in [5.41, 5.74) is 2.51. The second-order valence-electron chi connectivity index (χ2n) is 8.63. The van der Waals surface area contributed by atoms with E-state index in [1.807, 2.05) is 43.3 Å². The predicted molar refractivity (Wildman–Crippen MR) is 138 cm³/mol. The van der Waals surface area contributed by atoms with Gasteiger partial charge in [0.15, 0.2) is 5.60 Å². The Bertz CT molecular complexity index is 1360. The van der Waals surface area contributed by atoms with Crippen LogP contribution in [0.25, 0.3) is 10.9 Å². The van der Waals surface area contributed by atoms with Crippen molar-refractivity contribution in [1.82, 2.24) is 9.97 Å². The van der Waals surface area contributed by atoms with Crippen LogP contribution in [0.1, 0.15) is 20.3 Å². The van der Waals surface area contributed by atoms with Crippen LogP contribution in [0.5, 0.6) is 5.75 Å². The fourth-order valence-electron chi connectivity index (χ4n) is 3.64. The number of ether oxygens (including phenoxy) is 2. The molecule has 180 valence electrons. The molecular formula is C25H25ClN6O3. The van der Waals surface area contributed by atoms with Gasteiger partial charge < -0.3 is 25.2 Å². The summed E-state index contributed by atoms with van der Waals surface area (Å²) in [5, 5.41) is 17.7. The van der Waals surface area contributed by atoms with Gasteiger partial charge in [-0.15, -0.1) is 0 Å². The number of fused-ring (bicyclic) bond motifs is 1. The minimum absolute atomic E-state index is 0.362. The molecule has 0 aliphatic carbocycles. The first-order valence-corrected chi connectivity index (χ1v) is 11.6. The number of hydrogen-bond donors (Lipinski definition) is 3. The van der Waals surface area contributed by atoms with Crippen LogP contribution < -0.4 is 15.4 Å². The minimum atomic E-state index is -0.744. The molecule has 0 saturated heterocycles. The zero-order valence-electron chi connectivity index (χ0n) is 19.3. The molecule has 0 fully saturated rings. The van der Waals surface area contributed by atoms with Crippen molar-refractivity contribution in [1.29, 1.82) is 0 Å². The molecule has 2 aliphatic heterocycles. The van der Waals surface area contributed by atoms with Crippen molar-refractivity contribution >= 4 is 51.4 Å². The first-order chi connectivity index (χ1) is 16.9. The molecule has 0 unspecified atom stereocenters. The summed E-state index contributed by atoms with van der Waals surface area (Å²) in [6.45, 7) is 4.30. The molecule has 0 bridgehead atoms. The average molecular weight is 493 g/mol. The summed E-state index contributed by atoms with van der Waals surface area (Å²) >= 11 is 6.46. The van der Waals surface area contributed by atoms with Crippen LogP contribution in [0.15, 0.2) is 65.0 Å². The van der Waals surface area contributed by atoms with Crippen molar-refractivity contribution in [3.05, 3.63) is 60.0 Å². The van der Waals surface area contributed by atoms with E-state index in [1.165, 1.54) is 6.33 Å². The molecule has 5 rings (SSSR count). The molecule has 10 heteroatoms. The van der Waals surface area contributed by atoms with Gasteiger partial charge in [0, 0.05) is 29.4 Å². The lowest BCUT2D eigenvalue weighted by molar-refractivity contribution is -0.0197. The molecule has 3 N–H and O–H groups in total. The molecule has 35 heavy (non-hydrogen) atoms. The number of aliphatic hydroxyl groups excluding tert-OH is 1. The van der Waals surface area contributed by atoms with E-state index in [-0.39, 0.29) is 0 Å². The third kappa shape index (κ3) is 5.06. The number of hydrogen-bond acceptors (Lipinski definition) is 9. The number of aromatic nitrogens is 2. The fourth-order valence-corrected chi connectivity index (χ4v) is 3.88. The lowest BCUT2D eigenvalue weighted by Crippen LogP contribution is -2.41. The smallest absolute Gasteiger partial charge is 0.290 e. The largest absolute Gasteiger partial charge is 0.486 e. The quantitative estimate of drug-likeness (QED) is 0.438. The topological polar surface area (TPSA) is 113 Å². The molecular weight excluding hydrogens is 468 g/mol. The normalized spacial score (nSPS) is 19.8. The highest BCUT2D eigenvalue weighted by Gasteiger charge is 2.38. The lowest BCUT2D eigenvalue weighted by atomic mass is 10.0. The SMILES string of the molecule is C[C@@H](O)[C@]1(C)CN=C(Nc2ccc3ncnc(Nc4ccc(OCC5=NC=CC5)c(Cl)c4)c3c2)O1. The summed E-state index contributed by atoms with van der Waals surface area (Å²) in [7, 11) is 0. The second kappa shape index (κ2) is 9.52. The van der Waals surface area contributed by atoms with Crippen LogP contribution in [-0.2, 0) is 4.74 Å². The third-order valence-electron chi connectivity index (χ3n) is 5.94. The third-order valence-corrected chi connectivity index (χ3v) is 6.24. The van der Waals surface area contributed by atoms with Crippen molar-refractivity contribution in [3.8, 4) is 5.75 Å². The van der Waals surface area contributed by atoms with Gasteiger partial charge in [0.05, 0.1) is 28.9 Å². The van der Waals surface area contributed by atoms with Crippen LogP contribution in [0.3, 0.4) is 0 Å². The van der Waals surface area contributed by atoms with E-state index in [0.717, 1.165) is 34.4 Å². The monoisotopic (exact) mass is 492 g/mol. The van der Waals surface area contributed by atoms with E-state index < -0.39 is 11.7 Å². The number of nitrogens with zero attached hydrogens (tertiary/aromatic N) is 4. The highest BCUT2D eigenvalue weighted by molar-refractivity contribution is 6.32. The number of aliphatic hydroxyl groups is 1. The predicted octanol–water partition coefficient (Wildman–Crippen LogP) is 4.70. The number of anilines is 3. The Balaban J connectivity index is 1.32. The van der Waals surface area contributed by atoms with Gasteiger partial charge in [0.1, 0.15) is 24.5 Å². The average Bonchev–Trinajstić information content (AvgIpc) is 3.49. The van der Waals surface area contributed by atoms with Gasteiger partial charge in [-0.2, -0.15) is 0 Å². The maximum Gasteiger partial charge on any atom is 0.290 e. The van der Waals surface area contributed by atoms with Gasteiger partial charge in [-0.3, -0.25) is 4.99 Å².